The van der Waals surface area contributed by atoms with E-state index < -0.39 is 22.9 Å². The first kappa shape index (κ1) is 13.7. The average Bonchev–Trinajstić information content (AvgIpc) is 2.86. The predicted molar refractivity (Wildman–Crippen MR) is 74.3 cm³/mol. The van der Waals surface area contributed by atoms with Gasteiger partial charge in [-0.1, -0.05) is 18.2 Å². The van der Waals surface area contributed by atoms with Gasteiger partial charge in [0.1, 0.15) is 5.69 Å². The number of rotatable bonds is 1. The van der Waals surface area contributed by atoms with Crippen LogP contribution in [0.3, 0.4) is 0 Å². The highest BCUT2D eigenvalue weighted by molar-refractivity contribution is 7.13. The summed E-state index contributed by atoms with van der Waals surface area (Å²) in [4.78, 5) is 34.9. The lowest BCUT2D eigenvalue weighted by Gasteiger charge is -1.89. The molecule has 0 aliphatic carbocycles. The molecule has 0 bridgehead atoms. The summed E-state index contributed by atoms with van der Waals surface area (Å²) in [6, 6.07) is 8.99. The van der Waals surface area contributed by atoms with E-state index in [4.69, 9.17) is 5.11 Å². The molecule has 0 amide bonds. The molecule has 0 aliphatic rings. The van der Waals surface area contributed by atoms with Crippen LogP contribution in [-0.4, -0.2) is 25.4 Å². The van der Waals surface area contributed by atoms with Crippen LogP contribution in [0.1, 0.15) is 10.5 Å². The minimum absolute atomic E-state index is 0.418. The minimum atomic E-state index is -1.34. The number of aromatic nitrogens is 3. The molecule has 2 aromatic heterocycles. The summed E-state index contributed by atoms with van der Waals surface area (Å²) in [5.74, 6) is -1.34. The number of hydrogen-bond donors (Lipinski definition) is 3. The van der Waals surface area contributed by atoms with E-state index in [1.54, 1.807) is 0 Å². The van der Waals surface area contributed by atoms with Crippen molar-refractivity contribution in [2.75, 3.05) is 0 Å². The van der Waals surface area contributed by atoms with Gasteiger partial charge in [0, 0.05) is 17.6 Å². The van der Waals surface area contributed by atoms with E-state index in [0.29, 0.717) is 0 Å². The summed E-state index contributed by atoms with van der Waals surface area (Å²) in [6.07, 6.45) is 1.89. The molecule has 102 valence electrons. The summed E-state index contributed by atoms with van der Waals surface area (Å²) in [5.41, 5.74) is -1.97. The van der Waals surface area contributed by atoms with Gasteiger partial charge in [-0.25, -0.2) is 9.59 Å². The Labute approximate surface area is 115 Å². The SMILES string of the molecule is O=C(O)c1cc(=O)[nH]c(=O)[nH]1.c1ccc2sncc2c1. The van der Waals surface area contributed by atoms with Crippen molar-refractivity contribution in [1.82, 2.24) is 14.3 Å². The Balaban J connectivity index is 0.000000149. The molecular weight excluding hydrogens is 282 g/mol. The van der Waals surface area contributed by atoms with Crippen LogP contribution in [0.15, 0.2) is 46.1 Å². The zero-order chi connectivity index (χ0) is 14.5. The second-order valence-corrected chi connectivity index (χ2v) is 4.50. The Morgan fingerprint density at radius 1 is 1.20 bits per heavy atom. The molecular formula is C12H9N3O4S. The summed E-state index contributed by atoms with van der Waals surface area (Å²) in [5, 5.41) is 9.55. The Morgan fingerprint density at radius 2 is 1.95 bits per heavy atom. The number of nitrogens with zero attached hydrogens (tertiary/aromatic N) is 1. The lowest BCUT2D eigenvalue weighted by molar-refractivity contribution is 0.0689. The van der Waals surface area contributed by atoms with E-state index in [1.165, 1.54) is 21.6 Å². The largest absolute Gasteiger partial charge is 0.477 e. The van der Waals surface area contributed by atoms with Crippen molar-refractivity contribution in [1.29, 1.82) is 0 Å². The molecule has 20 heavy (non-hydrogen) atoms. The second-order valence-electron chi connectivity index (χ2n) is 3.67. The van der Waals surface area contributed by atoms with E-state index in [2.05, 4.69) is 16.5 Å². The van der Waals surface area contributed by atoms with Crippen LogP contribution in [0.25, 0.3) is 10.1 Å². The Bertz CT molecular complexity index is 791. The molecule has 0 unspecified atom stereocenters. The summed E-state index contributed by atoms with van der Waals surface area (Å²) in [7, 11) is 0. The zero-order valence-corrected chi connectivity index (χ0v) is 10.8. The zero-order valence-electron chi connectivity index (χ0n) is 9.99. The summed E-state index contributed by atoms with van der Waals surface area (Å²) in [6.45, 7) is 0. The van der Waals surface area contributed by atoms with Gasteiger partial charge in [-0.2, -0.15) is 4.37 Å². The van der Waals surface area contributed by atoms with Gasteiger partial charge < -0.3 is 10.1 Å². The number of aromatic carboxylic acids is 1. The number of carboxylic acids is 1. The van der Waals surface area contributed by atoms with Gasteiger partial charge in [0.25, 0.3) is 5.56 Å². The molecule has 0 fully saturated rings. The highest BCUT2D eigenvalue weighted by Crippen LogP contribution is 2.15. The third-order valence-electron chi connectivity index (χ3n) is 2.25. The molecule has 0 saturated carbocycles. The predicted octanol–water partition coefficient (Wildman–Crippen LogP) is 1.06. The van der Waals surface area contributed by atoms with Crippen molar-refractivity contribution in [2.45, 2.75) is 0 Å². The highest BCUT2D eigenvalue weighted by atomic mass is 32.1. The summed E-state index contributed by atoms with van der Waals surface area (Å²) >= 11 is 1.54. The number of hydrogen-bond acceptors (Lipinski definition) is 5. The fourth-order valence-electron chi connectivity index (χ4n) is 1.39. The van der Waals surface area contributed by atoms with Crippen molar-refractivity contribution >= 4 is 27.6 Å². The van der Waals surface area contributed by atoms with Crippen LogP contribution in [0.2, 0.25) is 0 Å². The number of fused-ring (bicyclic) bond motifs is 1. The number of aromatic amines is 2. The monoisotopic (exact) mass is 291 g/mol. The first-order valence-electron chi connectivity index (χ1n) is 5.42. The van der Waals surface area contributed by atoms with Crippen LogP contribution < -0.4 is 11.2 Å². The molecule has 7 nitrogen and oxygen atoms in total. The molecule has 0 spiro atoms. The second kappa shape index (κ2) is 5.93. The van der Waals surface area contributed by atoms with Crippen LogP contribution >= 0.6 is 11.5 Å². The van der Waals surface area contributed by atoms with Crippen LogP contribution in [0.4, 0.5) is 0 Å². The van der Waals surface area contributed by atoms with Crippen molar-refractivity contribution in [2.24, 2.45) is 0 Å². The Hall–Kier alpha value is -2.74. The molecule has 0 atom stereocenters. The van der Waals surface area contributed by atoms with E-state index in [1.807, 2.05) is 28.3 Å². The number of nitrogens with one attached hydrogen (secondary N) is 2. The molecule has 3 N–H and O–H groups in total. The lowest BCUT2D eigenvalue weighted by Crippen LogP contribution is -2.24. The number of carboxylic acid groups (broad SMARTS) is 1. The smallest absolute Gasteiger partial charge is 0.352 e. The number of benzene rings is 1. The third kappa shape index (κ3) is 3.39. The van der Waals surface area contributed by atoms with Gasteiger partial charge in [0.05, 0.1) is 4.70 Å². The molecule has 0 aliphatic heterocycles. The first-order valence-corrected chi connectivity index (χ1v) is 6.20. The van der Waals surface area contributed by atoms with E-state index in [9.17, 15) is 14.4 Å². The van der Waals surface area contributed by atoms with Crippen LogP contribution in [-0.2, 0) is 0 Å². The van der Waals surface area contributed by atoms with E-state index >= 15 is 0 Å². The van der Waals surface area contributed by atoms with Gasteiger partial charge in [-0.15, -0.1) is 0 Å². The molecule has 8 heteroatoms. The first-order chi connectivity index (χ1) is 9.56. The molecule has 3 rings (SSSR count). The van der Waals surface area contributed by atoms with Gasteiger partial charge in [-0.3, -0.25) is 9.78 Å². The normalized spacial score (nSPS) is 9.80. The van der Waals surface area contributed by atoms with Gasteiger partial charge in [0.15, 0.2) is 0 Å². The van der Waals surface area contributed by atoms with Gasteiger partial charge in [-0.05, 0) is 17.6 Å². The number of H-pyrrole nitrogens is 2. The average molecular weight is 291 g/mol. The van der Waals surface area contributed by atoms with E-state index in [0.717, 1.165) is 6.07 Å². The van der Waals surface area contributed by atoms with Crippen LogP contribution in [0, 0.1) is 0 Å². The fourth-order valence-corrected chi connectivity index (χ4v) is 2.04. The quantitative estimate of drug-likeness (QED) is 0.620. The van der Waals surface area contributed by atoms with Crippen LogP contribution in [0.5, 0.6) is 0 Å². The summed E-state index contributed by atoms with van der Waals surface area (Å²) < 4.78 is 5.30. The topological polar surface area (TPSA) is 116 Å². The lowest BCUT2D eigenvalue weighted by atomic mass is 10.3. The maximum absolute atomic E-state index is 10.5. The highest BCUT2D eigenvalue weighted by Gasteiger charge is 2.03. The molecule has 0 radical (unpaired) electrons. The fraction of sp³-hybridized carbons (Fsp3) is 0. The van der Waals surface area contributed by atoms with Crippen molar-refractivity contribution < 1.29 is 9.90 Å². The van der Waals surface area contributed by atoms with Crippen molar-refractivity contribution in [3.8, 4) is 0 Å². The molecule has 1 aromatic carbocycles. The Kier molecular flexibility index (Phi) is 4.06. The minimum Gasteiger partial charge on any atom is -0.477 e. The van der Waals surface area contributed by atoms with E-state index in [-0.39, 0.29) is 0 Å². The van der Waals surface area contributed by atoms with Gasteiger partial charge >= 0.3 is 11.7 Å². The maximum atomic E-state index is 10.5. The molecule has 3 aromatic rings. The number of carbonyl (C=O) groups is 1. The van der Waals surface area contributed by atoms with Crippen molar-refractivity contribution in [3.63, 3.8) is 0 Å². The molecule has 2 heterocycles. The maximum Gasteiger partial charge on any atom is 0.352 e. The third-order valence-corrected chi connectivity index (χ3v) is 3.03. The van der Waals surface area contributed by atoms with Gasteiger partial charge in [0.2, 0.25) is 0 Å². The Morgan fingerprint density at radius 3 is 2.60 bits per heavy atom. The molecule has 0 saturated heterocycles. The van der Waals surface area contributed by atoms with Crippen molar-refractivity contribution in [3.05, 3.63) is 63.1 Å². The standard InChI is InChI=1S/C7H5NS.C5H4N2O4/c1-2-4-7-6(3-1)5-8-9-7;8-3-1-2(4(9)10)6-5(11)7-3/h1-5H;1H,(H,9,10)(H2,6,7,8,11).